The lowest BCUT2D eigenvalue weighted by Gasteiger charge is -2.41. The minimum Gasteiger partial charge on any atom is -0.481 e. The number of carboxylic acid groups (broad SMARTS) is 1. The lowest BCUT2D eigenvalue weighted by atomic mass is 9.87. The maximum absolute atomic E-state index is 11.6. The molecule has 0 spiro atoms. The highest BCUT2D eigenvalue weighted by Gasteiger charge is 2.36. The van der Waals surface area contributed by atoms with E-state index in [-0.39, 0.29) is 30.9 Å². The topological polar surface area (TPSA) is 95.9 Å². The lowest BCUT2D eigenvalue weighted by molar-refractivity contribution is -0.145. The number of carbonyl (C=O) groups excluding carboxylic acids is 2. The van der Waals surface area contributed by atoms with Crippen LogP contribution in [0.3, 0.4) is 0 Å². The van der Waals surface area contributed by atoms with Gasteiger partial charge in [-0.25, -0.2) is 4.79 Å². The maximum Gasteiger partial charge on any atom is 0.317 e. The van der Waals surface area contributed by atoms with Gasteiger partial charge in [-0.3, -0.25) is 9.59 Å². The lowest BCUT2D eigenvalue weighted by Crippen LogP contribution is -2.56. The Hall–Kier alpha value is -1.79. The molecule has 0 aromatic heterocycles. The summed E-state index contributed by atoms with van der Waals surface area (Å²) in [7, 11) is 0. The molecule has 0 radical (unpaired) electrons. The van der Waals surface area contributed by atoms with E-state index in [1.165, 1.54) is 4.90 Å². The summed E-state index contributed by atoms with van der Waals surface area (Å²) in [6, 6.07) is -0.266. The van der Waals surface area contributed by atoms with Crippen molar-refractivity contribution in [3.8, 4) is 0 Å². The normalized spacial score (nSPS) is 16.4. The molecular formula is C12H20N2O5. The fourth-order valence-corrected chi connectivity index (χ4v) is 1.81. The number of amides is 2. The predicted molar refractivity (Wildman–Crippen MR) is 66.5 cm³/mol. The zero-order valence-electron chi connectivity index (χ0n) is 11.2. The number of nitrogens with zero attached hydrogens (tertiary/aromatic N) is 1. The number of urea groups is 1. The van der Waals surface area contributed by atoms with Crippen molar-refractivity contribution >= 4 is 18.0 Å². The summed E-state index contributed by atoms with van der Waals surface area (Å²) in [4.78, 5) is 34.9. The molecule has 1 rings (SSSR count). The molecule has 0 aromatic rings. The molecule has 1 fully saturated rings. The number of carbonyl (C=O) groups is 3. The minimum absolute atomic E-state index is 0.00769. The molecule has 1 heterocycles. The zero-order chi connectivity index (χ0) is 14.4. The molecule has 108 valence electrons. The predicted octanol–water partition coefficient (Wildman–Crippen LogP) is 0.302. The summed E-state index contributed by atoms with van der Waals surface area (Å²) in [6.45, 7) is 4.81. The highest BCUT2D eigenvalue weighted by Crippen LogP contribution is 2.23. The Morgan fingerprint density at radius 3 is 2.58 bits per heavy atom. The standard InChI is InChI=1S/C12H20N2O5/c1-3-19-10(15)4-5-13-12(18)14-6-9(7-14)8(2)11(16)17/h8-9H,3-7H2,1-2H3,(H,13,18)(H,16,17). The van der Waals surface area contributed by atoms with Crippen LogP contribution < -0.4 is 5.32 Å². The molecule has 1 atom stereocenters. The SMILES string of the molecule is CCOC(=O)CCNC(=O)N1CC(C(C)C(=O)O)C1. The number of hydrogen-bond donors (Lipinski definition) is 2. The monoisotopic (exact) mass is 272 g/mol. The first-order valence-corrected chi connectivity index (χ1v) is 6.36. The second-order valence-corrected chi connectivity index (χ2v) is 4.58. The average molecular weight is 272 g/mol. The first kappa shape index (κ1) is 15.3. The Morgan fingerprint density at radius 2 is 2.05 bits per heavy atom. The van der Waals surface area contributed by atoms with Crippen molar-refractivity contribution in [1.82, 2.24) is 10.2 Å². The summed E-state index contributed by atoms with van der Waals surface area (Å²) in [5.74, 6) is -1.62. The maximum atomic E-state index is 11.6. The van der Waals surface area contributed by atoms with E-state index in [2.05, 4.69) is 5.32 Å². The Labute approximate surface area is 111 Å². The van der Waals surface area contributed by atoms with E-state index in [9.17, 15) is 14.4 Å². The van der Waals surface area contributed by atoms with Gasteiger partial charge in [0.2, 0.25) is 0 Å². The molecule has 0 aromatic carbocycles. The van der Waals surface area contributed by atoms with E-state index in [1.54, 1.807) is 13.8 Å². The van der Waals surface area contributed by atoms with Gasteiger partial charge in [-0.1, -0.05) is 6.92 Å². The number of carboxylic acids is 1. The highest BCUT2D eigenvalue weighted by molar-refractivity contribution is 5.77. The van der Waals surface area contributed by atoms with Gasteiger partial charge in [0.15, 0.2) is 0 Å². The molecule has 0 aliphatic carbocycles. The van der Waals surface area contributed by atoms with Gasteiger partial charge < -0.3 is 20.1 Å². The van der Waals surface area contributed by atoms with Crippen LogP contribution in [0.1, 0.15) is 20.3 Å². The largest absolute Gasteiger partial charge is 0.481 e. The number of likely N-dealkylation sites (tertiary alicyclic amines) is 1. The summed E-state index contributed by atoms with van der Waals surface area (Å²) in [5.41, 5.74) is 0. The highest BCUT2D eigenvalue weighted by atomic mass is 16.5. The third-order valence-corrected chi connectivity index (χ3v) is 3.20. The molecule has 2 amide bonds. The number of rotatable bonds is 6. The van der Waals surface area contributed by atoms with Gasteiger partial charge >= 0.3 is 18.0 Å². The molecule has 1 unspecified atom stereocenters. The van der Waals surface area contributed by atoms with Crippen molar-refractivity contribution in [2.75, 3.05) is 26.2 Å². The summed E-state index contributed by atoms with van der Waals surface area (Å²) in [6.07, 6.45) is 0.141. The van der Waals surface area contributed by atoms with E-state index < -0.39 is 11.9 Å². The van der Waals surface area contributed by atoms with E-state index in [0.29, 0.717) is 19.7 Å². The number of ether oxygens (including phenoxy) is 1. The molecule has 1 aliphatic rings. The molecule has 19 heavy (non-hydrogen) atoms. The minimum atomic E-state index is -0.840. The second kappa shape index (κ2) is 6.96. The smallest absolute Gasteiger partial charge is 0.317 e. The molecule has 7 heteroatoms. The molecule has 1 saturated heterocycles. The summed E-state index contributed by atoms with van der Waals surface area (Å²) < 4.78 is 4.73. The molecule has 7 nitrogen and oxygen atoms in total. The molecule has 1 aliphatic heterocycles. The van der Waals surface area contributed by atoms with Gasteiger partial charge in [0.05, 0.1) is 18.9 Å². The third kappa shape index (κ3) is 4.42. The van der Waals surface area contributed by atoms with E-state index in [1.807, 2.05) is 0 Å². The number of nitrogens with one attached hydrogen (secondary N) is 1. The average Bonchev–Trinajstić information content (AvgIpc) is 2.27. The van der Waals surface area contributed by atoms with Gasteiger partial charge in [0.1, 0.15) is 0 Å². The van der Waals surface area contributed by atoms with Crippen LogP contribution in [0.25, 0.3) is 0 Å². The Kier molecular flexibility index (Phi) is 5.59. The fourth-order valence-electron chi connectivity index (χ4n) is 1.81. The van der Waals surface area contributed by atoms with Crippen molar-refractivity contribution in [2.45, 2.75) is 20.3 Å². The van der Waals surface area contributed by atoms with Crippen LogP contribution in [0.15, 0.2) is 0 Å². The van der Waals surface area contributed by atoms with Crippen LogP contribution in [0.4, 0.5) is 4.79 Å². The Bertz CT molecular complexity index is 352. The van der Waals surface area contributed by atoms with E-state index in [0.717, 1.165) is 0 Å². The molecular weight excluding hydrogens is 252 g/mol. The Morgan fingerprint density at radius 1 is 1.42 bits per heavy atom. The third-order valence-electron chi connectivity index (χ3n) is 3.20. The first-order valence-electron chi connectivity index (χ1n) is 6.36. The van der Waals surface area contributed by atoms with Gasteiger partial charge in [-0.15, -0.1) is 0 Å². The van der Waals surface area contributed by atoms with Crippen molar-refractivity contribution < 1.29 is 24.2 Å². The van der Waals surface area contributed by atoms with Crippen LogP contribution >= 0.6 is 0 Å². The van der Waals surface area contributed by atoms with Crippen LogP contribution in [-0.2, 0) is 14.3 Å². The second-order valence-electron chi connectivity index (χ2n) is 4.58. The fraction of sp³-hybridized carbons (Fsp3) is 0.750. The summed E-state index contributed by atoms with van der Waals surface area (Å²) >= 11 is 0. The van der Waals surface area contributed by atoms with Crippen molar-refractivity contribution in [1.29, 1.82) is 0 Å². The van der Waals surface area contributed by atoms with Gasteiger partial charge in [-0.2, -0.15) is 0 Å². The van der Waals surface area contributed by atoms with E-state index in [4.69, 9.17) is 9.84 Å². The number of hydrogen-bond acceptors (Lipinski definition) is 4. The molecule has 2 N–H and O–H groups in total. The number of esters is 1. The number of aliphatic carboxylic acids is 1. The van der Waals surface area contributed by atoms with E-state index >= 15 is 0 Å². The van der Waals surface area contributed by atoms with Crippen molar-refractivity contribution in [3.05, 3.63) is 0 Å². The van der Waals surface area contributed by atoms with Crippen LogP contribution in [0.5, 0.6) is 0 Å². The molecule has 0 bridgehead atoms. The quantitative estimate of drug-likeness (QED) is 0.678. The van der Waals surface area contributed by atoms with Crippen LogP contribution in [0, 0.1) is 11.8 Å². The first-order chi connectivity index (χ1) is 8.95. The van der Waals surface area contributed by atoms with Gasteiger partial charge in [0.25, 0.3) is 0 Å². The summed E-state index contributed by atoms with van der Waals surface area (Å²) in [5, 5.41) is 11.4. The Balaban J connectivity index is 2.16. The van der Waals surface area contributed by atoms with Gasteiger partial charge in [-0.05, 0) is 6.92 Å². The van der Waals surface area contributed by atoms with Gasteiger partial charge in [0, 0.05) is 25.6 Å². The van der Waals surface area contributed by atoms with Crippen LogP contribution in [0.2, 0.25) is 0 Å². The van der Waals surface area contributed by atoms with Crippen molar-refractivity contribution in [3.63, 3.8) is 0 Å². The van der Waals surface area contributed by atoms with Crippen molar-refractivity contribution in [2.24, 2.45) is 11.8 Å². The molecule has 0 saturated carbocycles. The zero-order valence-corrected chi connectivity index (χ0v) is 11.2. The van der Waals surface area contributed by atoms with Crippen LogP contribution in [-0.4, -0.2) is 54.2 Å².